The summed E-state index contributed by atoms with van der Waals surface area (Å²) in [6.07, 6.45) is -1.46. The molecule has 1 aromatic carbocycles. The lowest BCUT2D eigenvalue weighted by Crippen LogP contribution is -2.35. The topological polar surface area (TPSA) is 35.2 Å². The van der Waals surface area contributed by atoms with Crippen LogP contribution < -0.4 is 10.5 Å². The van der Waals surface area contributed by atoms with Crippen LogP contribution in [0.2, 0.25) is 0 Å². The molecule has 0 spiro atoms. The van der Waals surface area contributed by atoms with Crippen molar-refractivity contribution < 1.29 is 17.9 Å². The van der Waals surface area contributed by atoms with E-state index >= 15 is 0 Å². The van der Waals surface area contributed by atoms with Crippen LogP contribution in [0, 0.1) is 0 Å². The maximum Gasteiger partial charge on any atom is 0.416 e. The number of ether oxygens (including phenoxy) is 1. The summed E-state index contributed by atoms with van der Waals surface area (Å²) in [6.45, 7) is 0. The van der Waals surface area contributed by atoms with Gasteiger partial charge in [-0.3, -0.25) is 0 Å². The van der Waals surface area contributed by atoms with E-state index in [-0.39, 0.29) is 11.3 Å². The van der Waals surface area contributed by atoms with Crippen LogP contribution >= 0.6 is 0 Å². The molecule has 2 N–H and O–H groups in total. The molecule has 2 rings (SSSR count). The molecular weight excluding hydrogens is 243 g/mol. The molecule has 2 nitrogen and oxygen atoms in total. The SMILES string of the molecule is COc1ccc(C2(N)CCCC2)c(C(F)(F)F)c1. The lowest BCUT2D eigenvalue weighted by molar-refractivity contribution is -0.138. The summed E-state index contributed by atoms with van der Waals surface area (Å²) >= 11 is 0. The van der Waals surface area contributed by atoms with Crippen LogP contribution in [0.15, 0.2) is 18.2 Å². The fourth-order valence-electron chi connectivity index (χ4n) is 2.59. The zero-order chi connectivity index (χ0) is 13.4. The Morgan fingerprint density at radius 2 is 1.83 bits per heavy atom. The van der Waals surface area contributed by atoms with Crippen LogP contribution in [0.5, 0.6) is 5.75 Å². The van der Waals surface area contributed by atoms with Crippen molar-refractivity contribution in [1.29, 1.82) is 0 Å². The van der Waals surface area contributed by atoms with Crippen molar-refractivity contribution >= 4 is 0 Å². The van der Waals surface area contributed by atoms with Crippen LogP contribution in [-0.4, -0.2) is 7.11 Å². The summed E-state index contributed by atoms with van der Waals surface area (Å²) < 4.78 is 44.1. The number of rotatable bonds is 2. The predicted octanol–water partition coefficient (Wildman–Crippen LogP) is 3.44. The van der Waals surface area contributed by atoms with Gasteiger partial charge in [-0.15, -0.1) is 0 Å². The van der Waals surface area contributed by atoms with Gasteiger partial charge in [0.2, 0.25) is 0 Å². The number of hydrogen-bond acceptors (Lipinski definition) is 2. The fourth-order valence-corrected chi connectivity index (χ4v) is 2.59. The summed E-state index contributed by atoms with van der Waals surface area (Å²) in [5.41, 5.74) is 4.79. The molecule has 0 bridgehead atoms. The Morgan fingerprint density at radius 1 is 1.22 bits per heavy atom. The highest BCUT2D eigenvalue weighted by Gasteiger charge is 2.41. The van der Waals surface area contributed by atoms with Gasteiger partial charge in [0.15, 0.2) is 0 Å². The molecule has 0 aliphatic heterocycles. The number of benzene rings is 1. The quantitative estimate of drug-likeness (QED) is 0.883. The van der Waals surface area contributed by atoms with E-state index in [4.69, 9.17) is 10.5 Å². The highest BCUT2D eigenvalue weighted by Crippen LogP contribution is 2.43. The summed E-state index contributed by atoms with van der Waals surface area (Å²) in [5, 5.41) is 0. The number of methoxy groups -OCH3 is 1. The van der Waals surface area contributed by atoms with Gasteiger partial charge < -0.3 is 10.5 Å². The van der Waals surface area contributed by atoms with Crippen LogP contribution in [0.3, 0.4) is 0 Å². The summed E-state index contributed by atoms with van der Waals surface area (Å²) in [5.74, 6) is 0.202. The van der Waals surface area contributed by atoms with E-state index in [1.165, 1.54) is 19.2 Å². The van der Waals surface area contributed by atoms with Crippen molar-refractivity contribution in [3.8, 4) is 5.75 Å². The molecule has 1 fully saturated rings. The largest absolute Gasteiger partial charge is 0.497 e. The third-order valence-electron chi connectivity index (χ3n) is 3.56. The van der Waals surface area contributed by atoms with Crippen molar-refractivity contribution in [1.82, 2.24) is 0 Å². The summed E-state index contributed by atoms with van der Waals surface area (Å²) in [6, 6.07) is 4.02. The van der Waals surface area contributed by atoms with Crippen LogP contribution in [-0.2, 0) is 11.7 Å². The second-order valence-electron chi connectivity index (χ2n) is 4.77. The normalized spacial score (nSPS) is 18.9. The maximum atomic E-state index is 13.1. The summed E-state index contributed by atoms with van der Waals surface area (Å²) in [7, 11) is 1.35. The first-order valence-corrected chi connectivity index (χ1v) is 5.91. The minimum Gasteiger partial charge on any atom is -0.497 e. The predicted molar refractivity (Wildman–Crippen MR) is 62.3 cm³/mol. The van der Waals surface area contributed by atoms with E-state index in [9.17, 15) is 13.2 Å². The second kappa shape index (κ2) is 4.46. The van der Waals surface area contributed by atoms with Crippen LogP contribution in [0.1, 0.15) is 36.8 Å². The maximum absolute atomic E-state index is 13.1. The Morgan fingerprint density at radius 3 is 2.33 bits per heavy atom. The number of hydrogen-bond donors (Lipinski definition) is 1. The molecule has 0 atom stereocenters. The first-order valence-electron chi connectivity index (χ1n) is 5.91. The number of halogens is 3. The molecule has 1 aliphatic carbocycles. The van der Waals surface area contributed by atoms with Gasteiger partial charge in [-0.05, 0) is 30.5 Å². The molecular formula is C13H16F3NO. The Bertz CT molecular complexity index is 436. The fraction of sp³-hybridized carbons (Fsp3) is 0.538. The van der Waals surface area contributed by atoms with Crippen LogP contribution in [0.4, 0.5) is 13.2 Å². The Hall–Kier alpha value is -1.23. The molecule has 0 radical (unpaired) electrons. The van der Waals surface area contributed by atoms with E-state index in [0.29, 0.717) is 12.8 Å². The van der Waals surface area contributed by atoms with Gasteiger partial charge in [0, 0.05) is 5.54 Å². The molecule has 1 aromatic rings. The minimum absolute atomic E-state index is 0.188. The van der Waals surface area contributed by atoms with E-state index < -0.39 is 17.3 Å². The lowest BCUT2D eigenvalue weighted by Gasteiger charge is -2.28. The van der Waals surface area contributed by atoms with Gasteiger partial charge in [-0.1, -0.05) is 18.9 Å². The number of nitrogens with two attached hydrogens (primary N) is 1. The molecule has 1 saturated carbocycles. The van der Waals surface area contributed by atoms with E-state index in [1.807, 2.05) is 0 Å². The zero-order valence-electron chi connectivity index (χ0n) is 10.2. The minimum atomic E-state index is -4.40. The van der Waals surface area contributed by atoms with Gasteiger partial charge in [0.1, 0.15) is 5.75 Å². The Balaban J connectivity index is 2.52. The smallest absolute Gasteiger partial charge is 0.416 e. The van der Waals surface area contributed by atoms with Gasteiger partial charge in [-0.2, -0.15) is 13.2 Å². The zero-order valence-corrected chi connectivity index (χ0v) is 10.2. The van der Waals surface area contributed by atoms with Gasteiger partial charge in [0.25, 0.3) is 0 Å². The molecule has 0 unspecified atom stereocenters. The standard InChI is InChI=1S/C13H16F3NO/c1-18-9-4-5-10(11(8-9)13(14,15)16)12(17)6-2-3-7-12/h4-5,8H,2-3,6-7,17H2,1H3. The van der Waals surface area contributed by atoms with E-state index in [1.54, 1.807) is 0 Å². The van der Waals surface area contributed by atoms with Crippen LogP contribution in [0.25, 0.3) is 0 Å². The average Bonchev–Trinajstić information content (AvgIpc) is 2.75. The highest BCUT2D eigenvalue weighted by molar-refractivity contribution is 5.42. The van der Waals surface area contributed by atoms with Crippen molar-refractivity contribution in [2.45, 2.75) is 37.4 Å². The third kappa shape index (κ3) is 2.32. The first kappa shape index (κ1) is 13.2. The third-order valence-corrected chi connectivity index (χ3v) is 3.56. The van der Waals surface area contributed by atoms with E-state index in [2.05, 4.69) is 0 Å². The lowest BCUT2D eigenvalue weighted by atomic mass is 9.85. The van der Waals surface area contributed by atoms with Crippen molar-refractivity contribution in [3.05, 3.63) is 29.3 Å². The van der Waals surface area contributed by atoms with Crippen molar-refractivity contribution in [3.63, 3.8) is 0 Å². The average molecular weight is 259 g/mol. The first-order chi connectivity index (χ1) is 8.37. The Kier molecular flexibility index (Phi) is 3.27. The highest BCUT2D eigenvalue weighted by atomic mass is 19.4. The molecule has 0 aromatic heterocycles. The number of alkyl halides is 3. The molecule has 18 heavy (non-hydrogen) atoms. The van der Waals surface area contributed by atoms with Gasteiger partial charge in [-0.25, -0.2) is 0 Å². The second-order valence-corrected chi connectivity index (χ2v) is 4.77. The summed E-state index contributed by atoms with van der Waals surface area (Å²) in [4.78, 5) is 0. The molecule has 1 aliphatic rings. The van der Waals surface area contributed by atoms with Gasteiger partial charge >= 0.3 is 6.18 Å². The van der Waals surface area contributed by atoms with E-state index in [0.717, 1.165) is 18.9 Å². The van der Waals surface area contributed by atoms with Gasteiger partial charge in [0.05, 0.1) is 12.7 Å². The van der Waals surface area contributed by atoms with Crippen molar-refractivity contribution in [2.24, 2.45) is 5.73 Å². The van der Waals surface area contributed by atoms with Crippen molar-refractivity contribution in [2.75, 3.05) is 7.11 Å². The molecule has 100 valence electrons. The Labute approximate surface area is 104 Å². The molecule has 5 heteroatoms. The monoisotopic (exact) mass is 259 g/mol. The molecule has 0 heterocycles. The molecule has 0 amide bonds. The molecule has 0 saturated heterocycles.